The van der Waals surface area contributed by atoms with Crippen LogP contribution in [0.3, 0.4) is 0 Å². The van der Waals surface area contributed by atoms with Crippen LogP contribution in [0.2, 0.25) is 0 Å². The van der Waals surface area contributed by atoms with Gasteiger partial charge < -0.3 is 13.9 Å². The number of benzene rings is 2. The van der Waals surface area contributed by atoms with E-state index in [1.54, 1.807) is 6.07 Å². The quantitative estimate of drug-likeness (QED) is 0.428. The number of ketones is 1. The van der Waals surface area contributed by atoms with Gasteiger partial charge in [0.2, 0.25) is 12.7 Å². The molecule has 1 aliphatic heterocycles. The van der Waals surface area contributed by atoms with Crippen LogP contribution in [0.4, 0.5) is 0 Å². The zero-order valence-electron chi connectivity index (χ0n) is 15.7. The second kappa shape index (κ2) is 8.06. The summed E-state index contributed by atoms with van der Waals surface area (Å²) in [6.07, 6.45) is 1.73. The number of nitrogens with zero attached hydrogens (tertiary/aromatic N) is 2. The molecule has 1 aliphatic rings. The Balaban J connectivity index is 1.46. The molecule has 0 N–H and O–H groups in total. The minimum Gasteiger partial charge on any atom is -0.454 e. The molecule has 2 heterocycles. The number of aryl methyl sites for hydroxylation is 2. The highest BCUT2D eigenvalue weighted by atomic mass is 32.2. The van der Waals surface area contributed by atoms with Gasteiger partial charge in [-0.1, -0.05) is 37.7 Å². The van der Waals surface area contributed by atoms with Gasteiger partial charge in [-0.2, -0.15) is 0 Å². The average molecular weight is 396 g/mol. The Hall–Kier alpha value is -2.80. The summed E-state index contributed by atoms with van der Waals surface area (Å²) < 4.78 is 16.4. The first-order valence-corrected chi connectivity index (χ1v) is 10.2. The SMILES string of the molecule is CCc1ccc(CC)c(C(=O)CSc2nnc(-c3ccc4c(c3)OCO4)o2)c1. The summed E-state index contributed by atoms with van der Waals surface area (Å²) >= 11 is 1.25. The lowest BCUT2D eigenvalue weighted by atomic mass is 9.98. The van der Waals surface area contributed by atoms with Crippen molar-refractivity contribution in [2.75, 3.05) is 12.5 Å². The topological polar surface area (TPSA) is 74.5 Å². The van der Waals surface area contributed by atoms with Gasteiger partial charge in [0.05, 0.1) is 5.75 Å². The molecule has 0 unspecified atom stereocenters. The van der Waals surface area contributed by atoms with Gasteiger partial charge in [-0.15, -0.1) is 10.2 Å². The van der Waals surface area contributed by atoms with E-state index in [0.29, 0.717) is 22.6 Å². The van der Waals surface area contributed by atoms with Crippen LogP contribution in [0.25, 0.3) is 11.5 Å². The predicted molar refractivity (Wildman–Crippen MR) is 106 cm³/mol. The van der Waals surface area contributed by atoms with Gasteiger partial charge in [0.25, 0.3) is 5.22 Å². The van der Waals surface area contributed by atoms with Crippen molar-refractivity contribution in [3.8, 4) is 23.0 Å². The number of ether oxygens (including phenoxy) is 2. The lowest BCUT2D eigenvalue weighted by molar-refractivity contribution is 0.102. The molecule has 0 amide bonds. The van der Waals surface area contributed by atoms with Crippen molar-refractivity contribution in [1.29, 1.82) is 0 Å². The van der Waals surface area contributed by atoms with Crippen LogP contribution in [0, 0.1) is 0 Å². The van der Waals surface area contributed by atoms with Crippen molar-refractivity contribution < 1.29 is 18.7 Å². The Bertz CT molecular complexity index is 1020. The van der Waals surface area contributed by atoms with Crippen molar-refractivity contribution in [2.24, 2.45) is 0 Å². The molecule has 7 heteroatoms. The molecule has 2 aromatic carbocycles. The van der Waals surface area contributed by atoms with Crippen molar-refractivity contribution >= 4 is 17.5 Å². The second-order valence-electron chi connectivity index (χ2n) is 6.35. The van der Waals surface area contributed by atoms with Gasteiger partial charge >= 0.3 is 0 Å². The fraction of sp³-hybridized carbons (Fsp3) is 0.286. The van der Waals surface area contributed by atoms with Gasteiger partial charge in [0, 0.05) is 11.1 Å². The zero-order chi connectivity index (χ0) is 19.5. The van der Waals surface area contributed by atoms with Gasteiger partial charge in [-0.25, -0.2) is 0 Å². The van der Waals surface area contributed by atoms with Crippen LogP contribution >= 0.6 is 11.8 Å². The van der Waals surface area contributed by atoms with Crippen molar-refractivity contribution in [3.63, 3.8) is 0 Å². The normalized spacial score (nSPS) is 12.4. The standard InChI is InChI=1S/C21H20N2O4S/c1-3-13-5-6-14(4-2)16(9-13)17(24)11-28-21-23-22-20(27-21)15-7-8-18-19(10-15)26-12-25-18/h5-10H,3-4,11-12H2,1-2H3. The predicted octanol–water partition coefficient (Wildman–Crippen LogP) is 4.57. The molecule has 0 saturated heterocycles. The number of rotatable bonds is 7. The number of carbonyl (C=O) groups is 1. The van der Waals surface area contributed by atoms with Crippen LogP contribution < -0.4 is 9.47 Å². The first-order valence-electron chi connectivity index (χ1n) is 9.19. The first kappa shape index (κ1) is 18.6. The Morgan fingerprint density at radius 3 is 2.71 bits per heavy atom. The molecule has 0 radical (unpaired) electrons. The molecule has 0 aliphatic carbocycles. The van der Waals surface area contributed by atoms with E-state index in [2.05, 4.69) is 30.1 Å². The summed E-state index contributed by atoms with van der Waals surface area (Å²) in [5.74, 6) is 2.06. The Morgan fingerprint density at radius 1 is 1.04 bits per heavy atom. The van der Waals surface area contributed by atoms with Gasteiger partial charge in [0.15, 0.2) is 17.3 Å². The summed E-state index contributed by atoms with van der Waals surface area (Å²) in [6.45, 7) is 4.35. The zero-order valence-corrected chi connectivity index (χ0v) is 16.5. The number of thioether (sulfide) groups is 1. The highest BCUT2D eigenvalue weighted by molar-refractivity contribution is 7.99. The summed E-state index contributed by atoms with van der Waals surface area (Å²) in [7, 11) is 0. The molecular weight excluding hydrogens is 376 g/mol. The van der Waals surface area contributed by atoms with Crippen LogP contribution in [0.1, 0.15) is 35.3 Å². The van der Waals surface area contributed by atoms with E-state index in [0.717, 1.165) is 35.1 Å². The van der Waals surface area contributed by atoms with Crippen LogP contribution in [-0.4, -0.2) is 28.5 Å². The van der Waals surface area contributed by atoms with Gasteiger partial charge in [-0.3, -0.25) is 4.79 Å². The molecule has 0 fully saturated rings. The molecule has 0 spiro atoms. The molecule has 3 aromatic rings. The van der Waals surface area contributed by atoms with Crippen LogP contribution in [-0.2, 0) is 12.8 Å². The van der Waals surface area contributed by atoms with E-state index in [-0.39, 0.29) is 18.3 Å². The van der Waals surface area contributed by atoms with Gasteiger partial charge in [-0.05, 0) is 48.2 Å². The number of hydrogen-bond donors (Lipinski definition) is 0. The third-order valence-corrected chi connectivity index (χ3v) is 5.44. The minimum atomic E-state index is 0.0694. The van der Waals surface area contributed by atoms with E-state index in [9.17, 15) is 4.79 Å². The number of hydrogen-bond acceptors (Lipinski definition) is 7. The fourth-order valence-electron chi connectivity index (χ4n) is 3.03. The molecule has 28 heavy (non-hydrogen) atoms. The number of aromatic nitrogens is 2. The smallest absolute Gasteiger partial charge is 0.277 e. The maximum atomic E-state index is 12.7. The lowest BCUT2D eigenvalue weighted by Crippen LogP contribution is -2.07. The number of carbonyl (C=O) groups excluding carboxylic acids is 1. The van der Waals surface area contributed by atoms with E-state index in [1.807, 2.05) is 24.3 Å². The molecule has 1 aromatic heterocycles. The highest BCUT2D eigenvalue weighted by Crippen LogP contribution is 2.36. The minimum absolute atomic E-state index is 0.0694. The summed E-state index contributed by atoms with van der Waals surface area (Å²) in [4.78, 5) is 12.7. The van der Waals surface area contributed by atoms with Crippen molar-refractivity contribution in [2.45, 2.75) is 31.9 Å². The Morgan fingerprint density at radius 2 is 1.89 bits per heavy atom. The molecular formula is C21H20N2O4S. The Labute approximate surface area is 167 Å². The largest absolute Gasteiger partial charge is 0.454 e. The van der Waals surface area contributed by atoms with Crippen LogP contribution in [0.5, 0.6) is 11.5 Å². The summed E-state index contributed by atoms with van der Waals surface area (Å²) in [6, 6.07) is 11.6. The van der Waals surface area contributed by atoms with Crippen molar-refractivity contribution in [3.05, 3.63) is 53.1 Å². The third kappa shape index (κ3) is 3.75. The Kier molecular flexibility index (Phi) is 5.34. The fourth-order valence-corrected chi connectivity index (χ4v) is 3.68. The maximum absolute atomic E-state index is 12.7. The summed E-state index contributed by atoms with van der Waals surface area (Å²) in [5, 5.41) is 8.50. The molecule has 0 atom stereocenters. The molecule has 6 nitrogen and oxygen atoms in total. The van der Waals surface area contributed by atoms with E-state index >= 15 is 0 Å². The molecule has 144 valence electrons. The van der Waals surface area contributed by atoms with Gasteiger partial charge in [0.1, 0.15) is 0 Å². The second-order valence-corrected chi connectivity index (χ2v) is 7.28. The number of fused-ring (bicyclic) bond motifs is 1. The monoisotopic (exact) mass is 396 g/mol. The lowest BCUT2D eigenvalue weighted by Gasteiger charge is -2.08. The average Bonchev–Trinajstić information content (AvgIpc) is 3.40. The molecule has 0 bridgehead atoms. The first-order chi connectivity index (χ1) is 13.7. The summed E-state index contributed by atoms with van der Waals surface area (Å²) in [5.41, 5.74) is 3.76. The maximum Gasteiger partial charge on any atom is 0.277 e. The molecule has 4 rings (SSSR count). The highest BCUT2D eigenvalue weighted by Gasteiger charge is 2.18. The number of Topliss-reactive ketones (excluding diaryl/α,β-unsaturated/α-hetero) is 1. The van der Waals surface area contributed by atoms with E-state index < -0.39 is 0 Å². The van der Waals surface area contributed by atoms with E-state index in [1.165, 1.54) is 11.8 Å². The van der Waals surface area contributed by atoms with E-state index in [4.69, 9.17) is 13.9 Å². The van der Waals surface area contributed by atoms with Crippen molar-refractivity contribution in [1.82, 2.24) is 10.2 Å². The third-order valence-electron chi connectivity index (χ3n) is 4.62. The van der Waals surface area contributed by atoms with Crippen LogP contribution in [0.15, 0.2) is 46.0 Å². The molecule has 0 saturated carbocycles.